The Morgan fingerprint density at radius 3 is 2.51 bits per heavy atom. The number of piperidine rings is 1. The van der Waals surface area contributed by atoms with E-state index in [4.69, 9.17) is 16.7 Å². The number of carbonyl (C=O) groups is 2. The van der Waals surface area contributed by atoms with Crippen molar-refractivity contribution in [3.63, 3.8) is 0 Å². The minimum absolute atomic E-state index is 0.0249. The summed E-state index contributed by atoms with van der Waals surface area (Å²) in [6.45, 7) is 14.8. The molecule has 0 spiro atoms. The molecule has 1 N–H and O–H groups in total. The summed E-state index contributed by atoms with van der Waals surface area (Å²) >= 11 is 7.01. The SMILES string of the molecule is C=CC(=O)N1CCC(n2nc(N3CCN(C(C)=O)CC3C)c(-c3c(Cl)c(C)cc4[nH]ncc34)c2C)CC1. The molecule has 2 aromatic heterocycles. The van der Waals surface area contributed by atoms with Crippen LogP contribution in [0.25, 0.3) is 22.0 Å². The first-order chi connectivity index (χ1) is 17.7. The highest BCUT2D eigenvalue weighted by molar-refractivity contribution is 6.36. The molecular formula is C27H34ClN7O2. The van der Waals surface area contributed by atoms with Gasteiger partial charge in [0.2, 0.25) is 11.8 Å². The van der Waals surface area contributed by atoms with E-state index in [2.05, 4.69) is 40.2 Å². The zero-order valence-corrected chi connectivity index (χ0v) is 22.7. The lowest BCUT2D eigenvalue weighted by Crippen LogP contribution is -2.53. The number of halogens is 1. The second kappa shape index (κ2) is 9.85. The van der Waals surface area contributed by atoms with Crippen LogP contribution in [-0.2, 0) is 9.59 Å². The van der Waals surface area contributed by atoms with Crippen molar-refractivity contribution in [1.29, 1.82) is 0 Å². The van der Waals surface area contributed by atoms with Gasteiger partial charge in [0.1, 0.15) is 0 Å². The van der Waals surface area contributed by atoms with Crippen molar-refractivity contribution in [1.82, 2.24) is 29.8 Å². The van der Waals surface area contributed by atoms with E-state index in [1.54, 1.807) is 6.92 Å². The van der Waals surface area contributed by atoms with E-state index < -0.39 is 0 Å². The van der Waals surface area contributed by atoms with Gasteiger partial charge in [-0.1, -0.05) is 18.2 Å². The first-order valence-electron chi connectivity index (χ1n) is 12.9. The number of nitrogens with one attached hydrogen (secondary N) is 1. The van der Waals surface area contributed by atoms with Crippen LogP contribution in [-0.4, -0.2) is 80.4 Å². The van der Waals surface area contributed by atoms with Crippen LogP contribution in [0.15, 0.2) is 24.9 Å². The monoisotopic (exact) mass is 523 g/mol. The molecule has 37 heavy (non-hydrogen) atoms. The second-order valence-electron chi connectivity index (χ2n) is 10.2. The van der Waals surface area contributed by atoms with Gasteiger partial charge in [0, 0.05) is 67.9 Å². The van der Waals surface area contributed by atoms with Crippen LogP contribution < -0.4 is 4.90 Å². The largest absolute Gasteiger partial charge is 0.348 e. The zero-order valence-electron chi connectivity index (χ0n) is 21.9. The van der Waals surface area contributed by atoms with Gasteiger partial charge < -0.3 is 14.7 Å². The van der Waals surface area contributed by atoms with Gasteiger partial charge in [-0.3, -0.25) is 19.4 Å². The van der Waals surface area contributed by atoms with Crippen molar-refractivity contribution in [2.24, 2.45) is 0 Å². The molecule has 0 radical (unpaired) electrons. The molecule has 0 saturated carbocycles. The molecule has 196 valence electrons. The number of anilines is 1. The Bertz CT molecular complexity index is 1370. The fourth-order valence-corrected chi connectivity index (χ4v) is 6.07. The molecule has 1 atom stereocenters. The molecule has 2 fully saturated rings. The van der Waals surface area contributed by atoms with Crippen LogP contribution >= 0.6 is 11.6 Å². The van der Waals surface area contributed by atoms with Gasteiger partial charge >= 0.3 is 0 Å². The summed E-state index contributed by atoms with van der Waals surface area (Å²) in [5.41, 5.74) is 4.88. The Morgan fingerprint density at radius 1 is 1.14 bits per heavy atom. The van der Waals surface area contributed by atoms with Crippen LogP contribution in [0.1, 0.15) is 44.0 Å². The lowest BCUT2D eigenvalue weighted by Gasteiger charge is -2.40. The van der Waals surface area contributed by atoms with E-state index in [1.807, 2.05) is 29.0 Å². The first kappa shape index (κ1) is 25.3. The Morgan fingerprint density at radius 2 is 1.86 bits per heavy atom. The van der Waals surface area contributed by atoms with Crippen LogP contribution in [0.5, 0.6) is 0 Å². The smallest absolute Gasteiger partial charge is 0.245 e. The minimum atomic E-state index is -0.0249. The number of nitrogens with zero attached hydrogens (tertiary/aromatic N) is 6. The maximum atomic E-state index is 12.1. The molecule has 0 bridgehead atoms. The van der Waals surface area contributed by atoms with Crippen LogP contribution in [0.2, 0.25) is 5.02 Å². The van der Waals surface area contributed by atoms with Crippen molar-refractivity contribution >= 4 is 40.1 Å². The molecule has 0 aliphatic carbocycles. The number of benzene rings is 1. The number of fused-ring (bicyclic) bond motifs is 1. The number of amides is 2. The number of aromatic nitrogens is 4. The van der Waals surface area contributed by atoms with E-state index in [0.717, 1.165) is 51.9 Å². The van der Waals surface area contributed by atoms with Crippen LogP contribution in [0.3, 0.4) is 0 Å². The first-order valence-corrected chi connectivity index (χ1v) is 13.2. The van der Waals surface area contributed by atoms with E-state index in [0.29, 0.717) is 37.7 Å². The van der Waals surface area contributed by atoms with Gasteiger partial charge in [-0.2, -0.15) is 10.2 Å². The third-order valence-electron chi connectivity index (χ3n) is 7.89. The third-order valence-corrected chi connectivity index (χ3v) is 8.37. The number of piperazine rings is 1. The number of aromatic amines is 1. The highest BCUT2D eigenvalue weighted by Crippen LogP contribution is 2.45. The molecule has 2 amide bonds. The van der Waals surface area contributed by atoms with Crippen LogP contribution in [0.4, 0.5) is 5.82 Å². The zero-order chi connectivity index (χ0) is 26.4. The predicted octanol–water partition coefficient (Wildman–Crippen LogP) is 4.10. The Kier molecular flexibility index (Phi) is 6.74. The van der Waals surface area contributed by atoms with Gasteiger partial charge in [0.05, 0.1) is 22.8 Å². The van der Waals surface area contributed by atoms with Crippen molar-refractivity contribution in [3.8, 4) is 11.1 Å². The topological polar surface area (TPSA) is 90.4 Å². The highest BCUT2D eigenvalue weighted by Gasteiger charge is 2.34. The summed E-state index contributed by atoms with van der Waals surface area (Å²) in [5.74, 6) is 0.951. The van der Waals surface area contributed by atoms with Crippen LogP contribution in [0, 0.1) is 13.8 Å². The van der Waals surface area contributed by atoms with Crippen molar-refractivity contribution in [2.45, 2.75) is 52.6 Å². The number of hydrogen-bond donors (Lipinski definition) is 1. The number of likely N-dealkylation sites (tertiary alicyclic amines) is 1. The van der Waals surface area contributed by atoms with Crippen molar-refractivity contribution in [2.75, 3.05) is 37.6 Å². The summed E-state index contributed by atoms with van der Waals surface area (Å²) in [4.78, 5) is 30.2. The second-order valence-corrected chi connectivity index (χ2v) is 10.6. The third kappa shape index (κ3) is 4.39. The maximum Gasteiger partial charge on any atom is 0.245 e. The number of H-pyrrole nitrogens is 1. The number of aryl methyl sites for hydroxylation is 1. The molecule has 10 heteroatoms. The van der Waals surface area contributed by atoms with Gasteiger partial charge in [-0.15, -0.1) is 0 Å². The molecule has 2 aliphatic rings. The molecule has 1 unspecified atom stereocenters. The van der Waals surface area contributed by atoms with Gasteiger partial charge in [0.15, 0.2) is 5.82 Å². The normalized spacial score (nSPS) is 19.1. The lowest BCUT2D eigenvalue weighted by atomic mass is 9.97. The molecule has 2 saturated heterocycles. The van der Waals surface area contributed by atoms with Gasteiger partial charge in [-0.05, 0) is 51.3 Å². The summed E-state index contributed by atoms with van der Waals surface area (Å²) in [7, 11) is 0. The molecular weight excluding hydrogens is 490 g/mol. The lowest BCUT2D eigenvalue weighted by molar-refractivity contribution is -0.129. The summed E-state index contributed by atoms with van der Waals surface area (Å²) in [6.07, 6.45) is 4.84. The predicted molar refractivity (Wildman–Crippen MR) is 146 cm³/mol. The van der Waals surface area contributed by atoms with Crippen molar-refractivity contribution < 1.29 is 9.59 Å². The van der Waals surface area contributed by atoms with E-state index in [-0.39, 0.29) is 23.9 Å². The van der Waals surface area contributed by atoms with Gasteiger partial charge in [-0.25, -0.2) is 0 Å². The average Bonchev–Trinajstić information content (AvgIpc) is 3.48. The molecule has 2 aliphatic heterocycles. The Labute approximate surface area is 222 Å². The molecule has 1 aromatic carbocycles. The summed E-state index contributed by atoms with van der Waals surface area (Å²) in [6, 6.07) is 2.28. The minimum Gasteiger partial charge on any atom is -0.348 e. The number of hydrogen-bond acceptors (Lipinski definition) is 5. The molecule has 4 heterocycles. The quantitative estimate of drug-likeness (QED) is 0.520. The molecule has 3 aromatic rings. The van der Waals surface area contributed by atoms with E-state index in [1.165, 1.54) is 6.08 Å². The number of carbonyl (C=O) groups excluding carboxylic acids is 2. The van der Waals surface area contributed by atoms with Gasteiger partial charge in [0.25, 0.3) is 0 Å². The fourth-order valence-electron chi connectivity index (χ4n) is 5.82. The molecule has 9 nitrogen and oxygen atoms in total. The Hall–Kier alpha value is -3.33. The van der Waals surface area contributed by atoms with E-state index in [9.17, 15) is 9.59 Å². The van der Waals surface area contributed by atoms with E-state index >= 15 is 0 Å². The summed E-state index contributed by atoms with van der Waals surface area (Å²) in [5, 5.41) is 14.3. The highest BCUT2D eigenvalue weighted by atomic mass is 35.5. The molecule has 5 rings (SSSR count). The maximum absolute atomic E-state index is 12.1. The van der Waals surface area contributed by atoms with Crippen molar-refractivity contribution in [3.05, 3.63) is 41.2 Å². The fraction of sp³-hybridized carbons (Fsp3) is 0.481. The number of rotatable bonds is 4. The summed E-state index contributed by atoms with van der Waals surface area (Å²) < 4.78 is 2.13. The Balaban J connectivity index is 1.62. The average molecular weight is 524 g/mol. The standard InChI is InChI=1S/C27H34ClN7O2/c1-6-23(37)32-9-7-20(8-10-32)35-18(4)24(25-21-14-29-30-22(21)13-16(2)26(25)28)27(31-35)34-12-11-33(19(5)36)15-17(34)3/h6,13-14,17,20H,1,7-12,15H2,2-5H3,(H,29,30).